The van der Waals surface area contributed by atoms with Crippen LogP contribution in [0.2, 0.25) is 0 Å². The third kappa shape index (κ3) is 7.88. The van der Waals surface area contributed by atoms with Crippen molar-refractivity contribution in [1.29, 1.82) is 0 Å². The van der Waals surface area contributed by atoms with Crippen LogP contribution in [0.3, 0.4) is 0 Å². The maximum atomic E-state index is 12.0. The first-order chi connectivity index (χ1) is 10.1. The van der Waals surface area contributed by atoms with E-state index < -0.39 is 5.97 Å². The Kier molecular flexibility index (Phi) is 8.79. The molecule has 0 aromatic heterocycles. The molecule has 1 saturated heterocycles. The van der Waals surface area contributed by atoms with Gasteiger partial charge in [0.2, 0.25) is 5.91 Å². The predicted molar refractivity (Wildman–Crippen MR) is 84.1 cm³/mol. The van der Waals surface area contributed by atoms with Crippen LogP contribution in [-0.4, -0.2) is 35.0 Å². The van der Waals surface area contributed by atoms with Crippen molar-refractivity contribution >= 4 is 11.9 Å². The highest BCUT2D eigenvalue weighted by Gasteiger charge is 2.22. The van der Waals surface area contributed by atoms with E-state index in [9.17, 15) is 9.59 Å². The monoisotopic (exact) mass is 295 g/mol. The number of piperidine rings is 1. The topological polar surface area (TPSA) is 57.6 Å². The van der Waals surface area contributed by atoms with Crippen molar-refractivity contribution in [3.8, 4) is 0 Å². The first-order valence-corrected chi connectivity index (χ1v) is 8.30. The standard InChI is InChI=1S/C17H29NO3/c1-2-3-4-5-6-7-8-9-16(19)18-12-10-15(11-13-18)14-17(20)21/h8-9,15H,2-7,10-14H2,1H3,(H,20,21)/b9-8+. The summed E-state index contributed by atoms with van der Waals surface area (Å²) in [6.45, 7) is 3.59. The molecule has 1 fully saturated rings. The number of carbonyl (C=O) groups excluding carboxylic acids is 1. The van der Waals surface area contributed by atoms with Crippen LogP contribution in [0.5, 0.6) is 0 Å². The minimum atomic E-state index is -0.734. The van der Waals surface area contributed by atoms with Crippen molar-refractivity contribution in [3.05, 3.63) is 12.2 Å². The van der Waals surface area contributed by atoms with Crippen molar-refractivity contribution < 1.29 is 14.7 Å². The fraction of sp³-hybridized carbons (Fsp3) is 0.765. The molecule has 0 aliphatic carbocycles. The van der Waals surface area contributed by atoms with E-state index in [1.807, 2.05) is 11.0 Å². The number of carboxylic acids is 1. The van der Waals surface area contributed by atoms with Crippen molar-refractivity contribution in [2.24, 2.45) is 5.92 Å². The van der Waals surface area contributed by atoms with Crippen LogP contribution in [0.4, 0.5) is 0 Å². The van der Waals surface area contributed by atoms with Crippen LogP contribution in [0.1, 0.15) is 64.7 Å². The highest BCUT2D eigenvalue weighted by Crippen LogP contribution is 2.20. The molecule has 21 heavy (non-hydrogen) atoms. The molecule has 1 aliphatic heterocycles. The van der Waals surface area contributed by atoms with Crippen LogP contribution in [-0.2, 0) is 9.59 Å². The van der Waals surface area contributed by atoms with Gasteiger partial charge in [-0.05, 0) is 37.7 Å². The van der Waals surface area contributed by atoms with Gasteiger partial charge in [0, 0.05) is 19.5 Å². The van der Waals surface area contributed by atoms with Crippen LogP contribution in [0, 0.1) is 5.92 Å². The zero-order valence-electron chi connectivity index (χ0n) is 13.2. The number of carbonyl (C=O) groups is 2. The molecule has 0 radical (unpaired) electrons. The Hall–Kier alpha value is -1.32. The third-order valence-electron chi connectivity index (χ3n) is 4.12. The molecule has 4 heteroatoms. The van der Waals surface area contributed by atoms with E-state index in [1.54, 1.807) is 6.08 Å². The number of likely N-dealkylation sites (tertiary alicyclic amines) is 1. The minimum Gasteiger partial charge on any atom is -0.481 e. The molecule has 4 nitrogen and oxygen atoms in total. The molecule has 0 atom stereocenters. The van der Waals surface area contributed by atoms with Gasteiger partial charge in [-0.1, -0.05) is 38.7 Å². The van der Waals surface area contributed by atoms with Crippen molar-refractivity contribution in [2.45, 2.75) is 64.7 Å². The van der Waals surface area contributed by atoms with Gasteiger partial charge in [-0.15, -0.1) is 0 Å². The molecule has 0 aromatic carbocycles. The third-order valence-corrected chi connectivity index (χ3v) is 4.12. The zero-order valence-corrected chi connectivity index (χ0v) is 13.2. The molecule has 1 N–H and O–H groups in total. The largest absolute Gasteiger partial charge is 0.481 e. The summed E-state index contributed by atoms with van der Waals surface area (Å²) in [7, 11) is 0. The fourth-order valence-corrected chi connectivity index (χ4v) is 2.76. The average molecular weight is 295 g/mol. The normalized spacial score (nSPS) is 16.5. The lowest BCUT2D eigenvalue weighted by atomic mass is 9.93. The SMILES string of the molecule is CCCCCCC/C=C/C(=O)N1CCC(CC(=O)O)CC1. The maximum Gasteiger partial charge on any atom is 0.303 e. The molecular formula is C17H29NO3. The lowest BCUT2D eigenvalue weighted by molar-refractivity contribution is -0.138. The van der Waals surface area contributed by atoms with E-state index in [4.69, 9.17) is 5.11 Å². The van der Waals surface area contributed by atoms with E-state index in [-0.39, 0.29) is 18.2 Å². The summed E-state index contributed by atoms with van der Waals surface area (Å²) in [6.07, 6.45) is 12.7. The number of hydrogen-bond donors (Lipinski definition) is 1. The number of nitrogens with zero attached hydrogens (tertiary/aromatic N) is 1. The Bertz CT molecular complexity index is 344. The van der Waals surface area contributed by atoms with Gasteiger partial charge in [0.1, 0.15) is 0 Å². The molecule has 0 unspecified atom stereocenters. The summed E-state index contributed by atoms with van der Waals surface area (Å²) < 4.78 is 0. The van der Waals surface area contributed by atoms with Gasteiger partial charge in [-0.3, -0.25) is 9.59 Å². The van der Waals surface area contributed by atoms with E-state index in [0.29, 0.717) is 13.1 Å². The van der Waals surface area contributed by atoms with Crippen LogP contribution < -0.4 is 0 Å². The van der Waals surface area contributed by atoms with E-state index in [2.05, 4.69) is 6.92 Å². The molecule has 0 bridgehead atoms. The Morgan fingerprint density at radius 3 is 2.43 bits per heavy atom. The first-order valence-electron chi connectivity index (χ1n) is 8.30. The Morgan fingerprint density at radius 2 is 1.81 bits per heavy atom. The number of aliphatic carboxylic acids is 1. The Labute approximate surface area is 128 Å². The minimum absolute atomic E-state index is 0.0809. The summed E-state index contributed by atoms with van der Waals surface area (Å²) in [5.41, 5.74) is 0. The molecule has 1 rings (SSSR count). The van der Waals surface area contributed by atoms with E-state index in [1.165, 1.54) is 25.7 Å². The smallest absolute Gasteiger partial charge is 0.303 e. The fourth-order valence-electron chi connectivity index (χ4n) is 2.76. The number of amides is 1. The highest BCUT2D eigenvalue weighted by molar-refractivity contribution is 5.87. The van der Waals surface area contributed by atoms with Gasteiger partial charge in [-0.2, -0.15) is 0 Å². The number of hydrogen-bond acceptors (Lipinski definition) is 2. The molecule has 0 spiro atoms. The van der Waals surface area contributed by atoms with Gasteiger partial charge in [-0.25, -0.2) is 0 Å². The summed E-state index contributed by atoms with van der Waals surface area (Å²) in [5, 5.41) is 8.77. The van der Waals surface area contributed by atoms with Crippen molar-refractivity contribution in [2.75, 3.05) is 13.1 Å². The number of carboxylic acid groups (broad SMARTS) is 1. The lowest BCUT2D eigenvalue weighted by Gasteiger charge is -2.30. The number of allylic oxidation sites excluding steroid dienone is 1. The van der Waals surface area contributed by atoms with Gasteiger partial charge in [0.15, 0.2) is 0 Å². The Morgan fingerprint density at radius 1 is 1.14 bits per heavy atom. The van der Waals surface area contributed by atoms with Crippen LogP contribution in [0.25, 0.3) is 0 Å². The molecular weight excluding hydrogens is 266 g/mol. The van der Waals surface area contributed by atoms with Gasteiger partial charge < -0.3 is 10.0 Å². The van der Waals surface area contributed by atoms with E-state index >= 15 is 0 Å². The summed E-state index contributed by atoms with van der Waals surface area (Å²) in [5.74, 6) is -0.422. The number of rotatable bonds is 9. The predicted octanol–water partition coefficient (Wildman–Crippen LogP) is 3.62. The number of unbranched alkanes of at least 4 members (excludes halogenated alkanes) is 5. The molecule has 1 amide bonds. The molecule has 1 heterocycles. The maximum absolute atomic E-state index is 12.0. The zero-order chi connectivity index (χ0) is 15.5. The second-order valence-electron chi connectivity index (χ2n) is 5.97. The average Bonchev–Trinajstić information content (AvgIpc) is 2.46. The summed E-state index contributed by atoms with van der Waals surface area (Å²) in [4.78, 5) is 24.5. The second-order valence-corrected chi connectivity index (χ2v) is 5.97. The van der Waals surface area contributed by atoms with Gasteiger partial charge in [0.25, 0.3) is 0 Å². The molecule has 0 aromatic rings. The lowest BCUT2D eigenvalue weighted by Crippen LogP contribution is -2.37. The van der Waals surface area contributed by atoms with E-state index in [0.717, 1.165) is 25.7 Å². The first kappa shape index (κ1) is 17.7. The van der Waals surface area contributed by atoms with Crippen LogP contribution >= 0.6 is 0 Å². The highest BCUT2D eigenvalue weighted by atomic mass is 16.4. The van der Waals surface area contributed by atoms with Gasteiger partial charge >= 0.3 is 5.97 Å². The second kappa shape index (κ2) is 10.4. The quantitative estimate of drug-likeness (QED) is 0.522. The van der Waals surface area contributed by atoms with Crippen molar-refractivity contribution in [1.82, 2.24) is 4.90 Å². The molecule has 1 aliphatic rings. The molecule has 120 valence electrons. The molecule has 0 saturated carbocycles. The van der Waals surface area contributed by atoms with Crippen LogP contribution in [0.15, 0.2) is 12.2 Å². The summed E-state index contributed by atoms with van der Waals surface area (Å²) >= 11 is 0. The van der Waals surface area contributed by atoms with Gasteiger partial charge in [0.05, 0.1) is 0 Å². The summed E-state index contributed by atoms with van der Waals surface area (Å²) in [6, 6.07) is 0. The Balaban J connectivity index is 2.14. The van der Waals surface area contributed by atoms with Crippen molar-refractivity contribution in [3.63, 3.8) is 0 Å².